The van der Waals surface area contributed by atoms with Crippen LogP contribution in [0.5, 0.6) is 5.75 Å². The second-order valence-corrected chi connectivity index (χ2v) is 7.35. The van der Waals surface area contributed by atoms with E-state index in [0.29, 0.717) is 35.0 Å². The summed E-state index contributed by atoms with van der Waals surface area (Å²) in [4.78, 5) is 14.8. The average molecular weight is 393 g/mol. The normalized spacial score (nSPS) is 22.2. The van der Waals surface area contributed by atoms with Gasteiger partial charge >= 0.3 is 0 Å². The first-order chi connectivity index (χ1) is 12.5. The lowest BCUT2D eigenvalue weighted by Crippen LogP contribution is -2.46. The molecule has 0 spiro atoms. The fourth-order valence-corrected chi connectivity index (χ4v) is 4.04. The molecule has 1 fully saturated rings. The second kappa shape index (κ2) is 6.99. The number of aromatic hydroxyl groups is 1. The van der Waals surface area contributed by atoms with Crippen LogP contribution in [-0.4, -0.2) is 35.2 Å². The highest BCUT2D eigenvalue weighted by Crippen LogP contribution is 2.41. The summed E-state index contributed by atoms with van der Waals surface area (Å²) in [5.74, 6) is -0.201. The minimum atomic E-state index is -0.585. The first-order valence-corrected chi connectivity index (χ1v) is 9.26. The fourth-order valence-electron chi connectivity index (χ4n) is 3.53. The highest BCUT2D eigenvalue weighted by Gasteiger charge is 2.36. The van der Waals surface area contributed by atoms with E-state index in [9.17, 15) is 9.90 Å². The minimum Gasteiger partial charge on any atom is -0.506 e. The number of hydrogen-bond acceptors (Lipinski definition) is 4. The number of nitrogens with zero attached hydrogens (tertiary/aromatic N) is 1. The molecule has 2 aliphatic heterocycles. The van der Waals surface area contributed by atoms with E-state index in [4.69, 9.17) is 27.9 Å². The van der Waals surface area contributed by atoms with Gasteiger partial charge in [-0.15, -0.1) is 0 Å². The van der Waals surface area contributed by atoms with Crippen LogP contribution in [0.15, 0.2) is 36.4 Å². The zero-order chi connectivity index (χ0) is 18.3. The Balaban J connectivity index is 1.78. The van der Waals surface area contributed by atoms with Crippen molar-refractivity contribution in [2.75, 3.05) is 18.5 Å². The number of rotatable bonds is 3. The first kappa shape index (κ1) is 17.5. The molecular formula is C19H18Cl2N2O3. The van der Waals surface area contributed by atoms with Crippen LogP contribution in [-0.2, 0) is 4.74 Å². The number of nitrogens with one attached hydrogen (secondary N) is 1. The van der Waals surface area contributed by atoms with E-state index in [1.807, 2.05) is 18.2 Å². The SMILES string of the molecule is O=C1c2ccccc2N[C@@H](c2cc(Cl)cc(Cl)c2O)N1C[C@@H]1CCCO1. The van der Waals surface area contributed by atoms with Gasteiger partial charge in [-0.3, -0.25) is 4.79 Å². The number of benzene rings is 2. The Labute approximate surface area is 161 Å². The number of phenols is 1. The molecule has 2 heterocycles. The lowest BCUT2D eigenvalue weighted by atomic mass is 10.0. The van der Waals surface area contributed by atoms with Crippen LogP contribution in [0, 0.1) is 0 Å². The van der Waals surface area contributed by atoms with Gasteiger partial charge < -0.3 is 20.1 Å². The van der Waals surface area contributed by atoms with Gasteiger partial charge in [0, 0.05) is 29.4 Å². The number of halogens is 2. The number of anilines is 1. The van der Waals surface area contributed by atoms with Crippen molar-refractivity contribution in [1.29, 1.82) is 0 Å². The van der Waals surface area contributed by atoms with Crippen molar-refractivity contribution >= 4 is 34.8 Å². The summed E-state index contributed by atoms with van der Waals surface area (Å²) in [5.41, 5.74) is 1.76. The molecule has 0 aliphatic carbocycles. The predicted molar refractivity (Wildman–Crippen MR) is 101 cm³/mol. The molecule has 0 bridgehead atoms. The number of ether oxygens (including phenoxy) is 1. The van der Waals surface area contributed by atoms with Crippen molar-refractivity contribution in [2.45, 2.75) is 25.1 Å². The highest BCUT2D eigenvalue weighted by molar-refractivity contribution is 6.35. The summed E-state index contributed by atoms with van der Waals surface area (Å²) in [5, 5.41) is 14.4. The van der Waals surface area contributed by atoms with Crippen LogP contribution in [0.25, 0.3) is 0 Å². The zero-order valence-electron chi connectivity index (χ0n) is 13.9. The fraction of sp³-hybridized carbons (Fsp3) is 0.316. The van der Waals surface area contributed by atoms with Crippen LogP contribution in [0.4, 0.5) is 5.69 Å². The molecule has 0 saturated carbocycles. The Morgan fingerprint density at radius 1 is 1.27 bits per heavy atom. The standard InChI is InChI=1S/C19H18Cl2N2O3/c20-11-8-14(17(24)15(21)9-11)18-22-16-6-2-1-5-13(16)19(25)23(18)10-12-4-3-7-26-12/h1-2,5-6,8-9,12,18,22,24H,3-4,7,10H2/t12-,18+/m0/s1. The molecule has 0 unspecified atom stereocenters. The molecule has 1 saturated heterocycles. The molecule has 4 rings (SSSR count). The molecule has 0 aromatic heterocycles. The summed E-state index contributed by atoms with van der Waals surface area (Å²) in [6.45, 7) is 1.13. The van der Waals surface area contributed by atoms with E-state index < -0.39 is 6.17 Å². The molecule has 0 radical (unpaired) electrons. The Morgan fingerprint density at radius 2 is 2.08 bits per heavy atom. The quantitative estimate of drug-likeness (QED) is 0.809. The first-order valence-electron chi connectivity index (χ1n) is 8.50. The molecule has 2 N–H and O–H groups in total. The van der Waals surface area contributed by atoms with E-state index >= 15 is 0 Å². The maximum absolute atomic E-state index is 13.2. The van der Waals surface area contributed by atoms with Crippen LogP contribution < -0.4 is 5.32 Å². The number of carbonyl (C=O) groups excluding carboxylic acids is 1. The Morgan fingerprint density at radius 3 is 2.85 bits per heavy atom. The summed E-state index contributed by atoms with van der Waals surface area (Å²) in [7, 11) is 0. The van der Waals surface area contributed by atoms with Crippen molar-refractivity contribution in [3.63, 3.8) is 0 Å². The van der Waals surface area contributed by atoms with Gasteiger partial charge in [-0.05, 0) is 37.1 Å². The largest absolute Gasteiger partial charge is 0.506 e. The second-order valence-electron chi connectivity index (χ2n) is 6.51. The molecule has 5 nitrogen and oxygen atoms in total. The topological polar surface area (TPSA) is 61.8 Å². The highest BCUT2D eigenvalue weighted by atomic mass is 35.5. The van der Waals surface area contributed by atoms with Crippen molar-refractivity contribution in [2.24, 2.45) is 0 Å². The molecule has 1 amide bonds. The molecular weight excluding hydrogens is 375 g/mol. The summed E-state index contributed by atoms with van der Waals surface area (Å²) in [6, 6.07) is 10.4. The van der Waals surface area contributed by atoms with Crippen LogP contribution in [0.2, 0.25) is 10.0 Å². The Hall–Kier alpha value is -1.95. The van der Waals surface area contributed by atoms with Crippen molar-refractivity contribution in [3.8, 4) is 5.75 Å². The van der Waals surface area contributed by atoms with Crippen molar-refractivity contribution in [3.05, 3.63) is 57.6 Å². The maximum atomic E-state index is 13.2. The van der Waals surface area contributed by atoms with Gasteiger partial charge in [0.25, 0.3) is 5.91 Å². The third-order valence-electron chi connectivity index (χ3n) is 4.80. The molecule has 2 atom stereocenters. The molecule has 2 aromatic rings. The number of fused-ring (bicyclic) bond motifs is 1. The monoisotopic (exact) mass is 392 g/mol. The van der Waals surface area contributed by atoms with Gasteiger partial charge in [-0.1, -0.05) is 35.3 Å². The average Bonchev–Trinajstić information content (AvgIpc) is 3.14. The number of para-hydroxylation sites is 1. The van der Waals surface area contributed by atoms with Crippen molar-refractivity contribution < 1.29 is 14.6 Å². The van der Waals surface area contributed by atoms with Crippen LogP contribution in [0.1, 0.15) is 34.9 Å². The van der Waals surface area contributed by atoms with Gasteiger partial charge in [-0.2, -0.15) is 0 Å². The molecule has 2 aliphatic rings. The number of carbonyl (C=O) groups is 1. The van der Waals surface area contributed by atoms with E-state index in [1.165, 1.54) is 6.07 Å². The third kappa shape index (κ3) is 3.11. The molecule has 7 heteroatoms. The lowest BCUT2D eigenvalue weighted by molar-refractivity contribution is 0.0424. The van der Waals surface area contributed by atoms with E-state index in [-0.39, 0.29) is 22.8 Å². The van der Waals surface area contributed by atoms with Gasteiger partial charge in [0.1, 0.15) is 11.9 Å². The number of amides is 1. The summed E-state index contributed by atoms with van der Waals surface area (Å²) in [6.07, 6.45) is 1.28. The Kier molecular flexibility index (Phi) is 4.69. The summed E-state index contributed by atoms with van der Waals surface area (Å²) < 4.78 is 5.72. The van der Waals surface area contributed by atoms with Gasteiger partial charge in [0.15, 0.2) is 0 Å². The van der Waals surface area contributed by atoms with Crippen LogP contribution in [0.3, 0.4) is 0 Å². The maximum Gasteiger partial charge on any atom is 0.257 e. The van der Waals surface area contributed by atoms with Crippen molar-refractivity contribution in [1.82, 2.24) is 4.90 Å². The molecule has 26 heavy (non-hydrogen) atoms. The third-order valence-corrected chi connectivity index (χ3v) is 5.31. The van der Waals surface area contributed by atoms with Crippen LogP contribution >= 0.6 is 23.2 Å². The number of hydrogen-bond donors (Lipinski definition) is 2. The van der Waals surface area contributed by atoms with Gasteiger partial charge in [-0.25, -0.2) is 0 Å². The summed E-state index contributed by atoms with van der Waals surface area (Å²) >= 11 is 12.2. The van der Waals surface area contributed by atoms with Gasteiger partial charge in [0.05, 0.1) is 16.7 Å². The number of phenolic OH excluding ortho intramolecular Hbond substituents is 1. The minimum absolute atomic E-state index is 0.0229. The lowest BCUT2D eigenvalue weighted by Gasteiger charge is -2.39. The Bertz CT molecular complexity index is 853. The van der Waals surface area contributed by atoms with E-state index in [2.05, 4.69) is 5.32 Å². The zero-order valence-corrected chi connectivity index (χ0v) is 15.4. The van der Waals surface area contributed by atoms with E-state index in [1.54, 1.807) is 17.0 Å². The van der Waals surface area contributed by atoms with E-state index in [0.717, 1.165) is 12.8 Å². The predicted octanol–water partition coefficient (Wildman–Crippen LogP) is 4.44. The molecule has 136 valence electrons. The smallest absolute Gasteiger partial charge is 0.257 e. The van der Waals surface area contributed by atoms with Gasteiger partial charge in [0.2, 0.25) is 0 Å². The molecule has 2 aromatic carbocycles.